The number of carbonyl (C=O) groups excluding carboxylic acids is 1. The van der Waals surface area contributed by atoms with Crippen LogP contribution in [0.5, 0.6) is 0 Å². The largest absolute Gasteiger partial charge is 0.480 e. The summed E-state index contributed by atoms with van der Waals surface area (Å²) < 4.78 is 13.1. The Kier molecular flexibility index (Phi) is 4.44. The maximum absolute atomic E-state index is 13.1. The molecule has 94 valence electrons. The third-order valence-corrected chi connectivity index (χ3v) is 2.30. The number of hydrogen-bond donors (Lipinski definition) is 1. The summed E-state index contributed by atoms with van der Waals surface area (Å²) in [4.78, 5) is 23.6. The molecule has 0 aromatic heterocycles. The van der Waals surface area contributed by atoms with Gasteiger partial charge in [-0.25, -0.2) is 4.39 Å². The van der Waals surface area contributed by atoms with E-state index in [4.69, 9.17) is 11.5 Å². The maximum Gasteiger partial charge on any atom is 0.323 e. The predicted octanol–water partition coefficient (Wildman–Crippen LogP) is 1.29. The Bertz CT molecular complexity index is 519. The number of rotatable bonds is 4. The smallest absolute Gasteiger partial charge is 0.323 e. The van der Waals surface area contributed by atoms with E-state index in [1.165, 1.54) is 19.1 Å². The second-order valence-corrected chi connectivity index (χ2v) is 3.72. The molecular weight excluding hydrogens is 237 g/mol. The zero-order chi connectivity index (χ0) is 13.7. The first-order valence-electron chi connectivity index (χ1n) is 5.16. The maximum atomic E-state index is 13.1. The highest BCUT2D eigenvalue weighted by Crippen LogP contribution is 2.11. The van der Waals surface area contributed by atoms with Gasteiger partial charge in [-0.2, -0.15) is 0 Å². The van der Waals surface area contributed by atoms with Crippen LogP contribution < -0.4 is 0 Å². The molecule has 0 bridgehead atoms. The van der Waals surface area contributed by atoms with Crippen molar-refractivity contribution in [2.45, 2.75) is 6.92 Å². The summed E-state index contributed by atoms with van der Waals surface area (Å²) in [6, 6.07) is 3.83. The highest BCUT2D eigenvalue weighted by molar-refractivity contribution is 5.96. The standard InChI is InChI=1S/C13H12FNO3/c1-3-6-15(8-12(16)17)13(18)10-4-5-11(14)9(2)7-10/h1,4-5,7H,6,8H2,2H3,(H,16,17). The first-order chi connectivity index (χ1) is 8.45. The minimum Gasteiger partial charge on any atom is -0.480 e. The van der Waals surface area contributed by atoms with Crippen LogP contribution in [0.3, 0.4) is 0 Å². The zero-order valence-electron chi connectivity index (χ0n) is 9.81. The van der Waals surface area contributed by atoms with Gasteiger partial charge in [0, 0.05) is 5.56 Å². The van der Waals surface area contributed by atoms with Crippen LogP contribution in [0.25, 0.3) is 0 Å². The van der Waals surface area contributed by atoms with E-state index >= 15 is 0 Å². The van der Waals surface area contributed by atoms with Crippen LogP contribution in [0, 0.1) is 25.1 Å². The first-order valence-corrected chi connectivity index (χ1v) is 5.16. The Morgan fingerprint density at radius 1 is 1.50 bits per heavy atom. The number of terminal acetylenes is 1. The van der Waals surface area contributed by atoms with Gasteiger partial charge in [0.25, 0.3) is 5.91 Å². The normalized spacial score (nSPS) is 9.61. The minimum atomic E-state index is -1.16. The van der Waals surface area contributed by atoms with E-state index < -0.39 is 24.2 Å². The highest BCUT2D eigenvalue weighted by atomic mass is 19.1. The van der Waals surface area contributed by atoms with Crippen molar-refractivity contribution in [2.75, 3.05) is 13.1 Å². The number of aryl methyl sites for hydroxylation is 1. The zero-order valence-corrected chi connectivity index (χ0v) is 9.81. The topological polar surface area (TPSA) is 57.6 Å². The van der Waals surface area contributed by atoms with Gasteiger partial charge in [0.1, 0.15) is 12.4 Å². The average Bonchev–Trinajstić information content (AvgIpc) is 2.31. The number of halogens is 1. The Hall–Kier alpha value is -2.35. The lowest BCUT2D eigenvalue weighted by atomic mass is 10.1. The van der Waals surface area contributed by atoms with Crippen molar-refractivity contribution in [3.63, 3.8) is 0 Å². The summed E-state index contributed by atoms with van der Waals surface area (Å²) in [6.45, 7) is 0.926. The van der Waals surface area contributed by atoms with Gasteiger partial charge in [0.15, 0.2) is 0 Å². The van der Waals surface area contributed by atoms with Crippen LogP contribution in [0.4, 0.5) is 4.39 Å². The fourth-order valence-corrected chi connectivity index (χ4v) is 1.43. The molecule has 0 aliphatic carbocycles. The molecule has 0 aliphatic rings. The fraction of sp³-hybridized carbons (Fsp3) is 0.231. The van der Waals surface area contributed by atoms with Gasteiger partial charge >= 0.3 is 5.97 Å². The number of amides is 1. The van der Waals surface area contributed by atoms with Crippen molar-refractivity contribution in [3.05, 3.63) is 35.1 Å². The predicted molar refractivity (Wildman–Crippen MR) is 63.5 cm³/mol. The Balaban J connectivity index is 2.98. The van der Waals surface area contributed by atoms with Gasteiger partial charge in [-0.15, -0.1) is 6.42 Å². The lowest BCUT2D eigenvalue weighted by Gasteiger charge is -2.18. The van der Waals surface area contributed by atoms with Crippen molar-refractivity contribution in [1.82, 2.24) is 4.90 Å². The summed E-state index contributed by atoms with van der Waals surface area (Å²) in [7, 11) is 0. The molecule has 1 aromatic carbocycles. The molecule has 5 heteroatoms. The molecule has 0 atom stereocenters. The highest BCUT2D eigenvalue weighted by Gasteiger charge is 2.18. The summed E-state index contributed by atoms with van der Waals surface area (Å²) in [5.41, 5.74) is 0.530. The van der Waals surface area contributed by atoms with Gasteiger partial charge in [0.05, 0.1) is 6.54 Å². The Morgan fingerprint density at radius 3 is 2.67 bits per heavy atom. The van der Waals surface area contributed by atoms with Crippen LogP contribution >= 0.6 is 0 Å². The van der Waals surface area contributed by atoms with Gasteiger partial charge in [0.2, 0.25) is 0 Å². The number of aliphatic carboxylic acids is 1. The second-order valence-electron chi connectivity index (χ2n) is 3.72. The lowest BCUT2D eigenvalue weighted by Crippen LogP contribution is -2.36. The molecule has 1 aromatic rings. The minimum absolute atomic E-state index is 0.110. The monoisotopic (exact) mass is 249 g/mol. The van der Waals surface area contributed by atoms with E-state index in [1.807, 2.05) is 0 Å². The molecule has 1 amide bonds. The van der Waals surface area contributed by atoms with E-state index in [0.29, 0.717) is 5.56 Å². The number of carboxylic acid groups (broad SMARTS) is 1. The van der Waals surface area contributed by atoms with Crippen LogP contribution in [-0.4, -0.2) is 35.0 Å². The third kappa shape index (κ3) is 3.32. The Morgan fingerprint density at radius 2 is 2.17 bits per heavy atom. The molecule has 1 N–H and O–H groups in total. The van der Waals surface area contributed by atoms with Gasteiger partial charge < -0.3 is 10.0 Å². The number of hydrogen-bond acceptors (Lipinski definition) is 2. The van der Waals surface area contributed by atoms with E-state index in [0.717, 1.165) is 11.0 Å². The van der Waals surface area contributed by atoms with Crippen LogP contribution in [0.15, 0.2) is 18.2 Å². The summed E-state index contributed by atoms with van der Waals surface area (Å²) in [6.07, 6.45) is 5.08. The molecule has 0 unspecified atom stereocenters. The van der Waals surface area contributed by atoms with E-state index in [9.17, 15) is 14.0 Å². The molecule has 1 rings (SSSR count). The molecule has 0 heterocycles. The van der Waals surface area contributed by atoms with E-state index in [1.54, 1.807) is 0 Å². The molecule has 0 fully saturated rings. The van der Waals surface area contributed by atoms with Crippen LogP contribution in [-0.2, 0) is 4.79 Å². The quantitative estimate of drug-likeness (QED) is 0.818. The number of carbonyl (C=O) groups is 2. The van der Waals surface area contributed by atoms with Crippen molar-refractivity contribution < 1.29 is 19.1 Å². The van der Waals surface area contributed by atoms with Gasteiger partial charge in [-0.05, 0) is 30.7 Å². The van der Waals surface area contributed by atoms with Crippen molar-refractivity contribution in [2.24, 2.45) is 0 Å². The summed E-state index contributed by atoms with van der Waals surface area (Å²) >= 11 is 0. The molecular formula is C13H12FNO3. The molecule has 0 saturated carbocycles. The first kappa shape index (κ1) is 13.7. The summed E-state index contributed by atoms with van der Waals surface area (Å²) in [5.74, 6) is 0.110. The van der Waals surface area contributed by atoms with E-state index in [2.05, 4.69) is 5.92 Å². The molecule has 4 nitrogen and oxygen atoms in total. The summed E-state index contributed by atoms with van der Waals surface area (Å²) in [5, 5.41) is 8.68. The van der Waals surface area contributed by atoms with Crippen molar-refractivity contribution >= 4 is 11.9 Å². The SMILES string of the molecule is C#CCN(CC(=O)O)C(=O)c1ccc(F)c(C)c1. The Labute approximate surface area is 104 Å². The van der Waals surface area contributed by atoms with Crippen LogP contribution in [0.2, 0.25) is 0 Å². The number of carboxylic acids is 1. The van der Waals surface area contributed by atoms with E-state index in [-0.39, 0.29) is 12.1 Å². The average molecular weight is 249 g/mol. The third-order valence-electron chi connectivity index (χ3n) is 2.30. The molecule has 0 spiro atoms. The second kappa shape index (κ2) is 5.82. The fourth-order valence-electron chi connectivity index (χ4n) is 1.43. The van der Waals surface area contributed by atoms with Crippen LogP contribution in [0.1, 0.15) is 15.9 Å². The lowest BCUT2D eigenvalue weighted by molar-refractivity contribution is -0.137. The molecule has 18 heavy (non-hydrogen) atoms. The van der Waals surface area contributed by atoms with Crippen molar-refractivity contribution in [1.29, 1.82) is 0 Å². The van der Waals surface area contributed by atoms with Gasteiger partial charge in [-0.3, -0.25) is 9.59 Å². The van der Waals surface area contributed by atoms with Gasteiger partial charge in [-0.1, -0.05) is 5.92 Å². The molecule has 0 radical (unpaired) electrons. The molecule has 0 aliphatic heterocycles. The number of nitrogens with zero attached hydrogens (tertiary/aromatic N) is 1. The molecule has 0 saturated heterocycles. The number of benzene rings is 1. The van der Waals surface area contributed by atoms with Crippen molar-refractivity contribution in [3.8, 4) is 12.3 Å².